The first-order valence-corrected chi connectivity index (χ1v) is 6.42. The van der Waals surface area contributed by atoms with Crippen LogP contribution in [0.3, 0.4) is 0 Å². The molecule has 0 aromatic rings. The van der Waals surface area contributed by atoms with Crippen molar-refractivity contribution in [3.8, 4) is 0 Å². The minimum absolute atomic E-state index is 0.0946. The van der Waals surface area contributed by atoms with Crippen molar-refractivity contribution in [2.75, 3.05) is 6.54 Å². The molecule has 0 heterocycles. The average molecular weight is 242 g/mol. The third-order valence-electron chi connectivity index (χ3n) is 2.81. The average Bonchev–Trinajstić information content (AvgIpc) is 1.97. The highest BCUT2D eigenvalue weighted by Crippen LogP contribution is 2.28. The third kappa shape index (κ3) is 6.67. The molecule has 0 spiro atoms. The number of nitrogens with two attached hydrogens (primary N) is 1. The number of carbonyl (C=O) groups excluding carboxylic acids is 1. The zero-order valence-electron chi connectivity index (χ0n) is 12.6. The zero-order chi connectivity index (χ0) is 13.9. The highest BCUT2D eigenvalue weighted by atomic mass is 16.2. The molecule has 0 saturated carbocycles. The fraction of sp³-hybridized carbons (Fsp3) is 0.929. The fourth-order valence-corrected chi connectivity index (χ4v) is 2.32. The predicted octanol–water partition coefficient (Wildman–Crippen LogP) is 2.69. The van der Waals surface area contributed by atoms with Crippen LogP contribution in [0.1, 0.15) is 61.3 Å². The van der Waals surface area contributed by atoms with Crippen molar-refractivity contribution in [1.82, 2.24) is 5.32 Å². The quantitative estimate of drug-likeness (QED) is 0.779. The standard InChI is InChI=1S/C14H30N2O/c1-12(2,3)10-14(6,7)16-11(17)13(4,5)8-9-15/h8-10,15H2,1-7H3,(H,16,17). The Bertz CT molecular complexity index is 262. The Morgan fingerprint density at radius 2 is 1.53 bits per heavy atom. The number of amides is 1. The molecule has 0 aromatic heterocycles. The van der Waals surface area contributed by atoms with Crippen LogP contribution in [0.15, 0.2) is 0 Å². The predicted molar refractivity (Wildman–Crippen MR) is 73.7 cm³/mol. The van der Waals surface area contributed by atoms with E-state index in [1.807, 2.05) is 13.8 Å². The van der Waals surface area contributed by atoms with Crippen molar-refractivity contribution in [2.45, 2.75) is 66.8 Å². The Kier molecular flexibility index (Phi) is 5.20. The lowest BCUT2D eigenvalue weighted by Gasteiger charge is -2.36. The van der Waals surface area contributed by atoms with E-state index >= 15 is 0 Å². The van der Waals surface area contributed by atoms with Gasteiger partial charge >= 0.3 is 0 Å². The lowest BCUT2D eigenvalue weighted by atomic mass is 9.80. The van der Waals surface area contributed by atoms with Crippen molar-refractivity contribution in [2.24, 2.45) is 16.6 Å². The Balaban J connectivity index is 4.57. The monoisotopic (exact) mass is 242 g/mol. The van der Waals surface area contributed by atoms with E-state index in [1.165, 1.54) is 0 Å². The Morgan fingerprint density at radius 3 is 1.88 bits per heavy atom. The van der Waals surface area contributed by atoms with E-state index in [9.17, 15) is 4.79 Å². The molecule has 0 saturated heterocycles. The second kappa shape index (κ2) is 5.38. The van der Waals surface area contributed by atoms with Crippen molar-refractivity contribution in [3.63, 3.8) is 0 Å². The zero-order valence-corrected chi connectivity index (χ0v) is 12.6. The summed E-state index contributed by atoms with van der Waals surface area (Å²) in [5.41, 5.74) is 5.18. The molecule has 0 rings (SSSR count). The minimum atomic E-state index is -0.385. The van der Waals surface area contributed by atoms with Crippen LogP contribution in [0.5, 0.6) is 0 Å². The lowest BCUT2D eigenvalue weighted by molar-refractivity contribution is -0.131. The Hall–Kier alpha value is -0.570. The van der Waals surface area contributed by atoms with Crippen LogP contribution in [0.4, 0.5) is 0 Å². The van der Waals surface area contributed by atoms with Gasteiger partial charge in [-0.25, -0.2) is 0 Å². The van der Waals surface area contributed by atoms with Gasteiger partial charge in [-0.3, -0.25) is 4.79 Å². The third-order valence-corrected chi connectivity index (χ3v) is 2.81. The molecule has 0 aromatic carbocycles. The largest absolute Gasteiger partial charge is 0.351 e. The molecule has 0 unspecified atom stereocenters. The molecule has 17 heavy (non-hydrogen) atoms. The molecule has 3 heteroatoms. The maximum atomic E-state index is 12.2. The van der Waals surface area contributed by atoms with E-state index in [1.54, 1.807) is 0 Å². The molecule has 1 amide bonds. The molecule has 0 aliphatic heterocycles. The number of rotatable bonds is 5. The van der Waals surface area contributed by atoms with Crippen LogP contribution < -0.4 is 11.1 Å². The van der Waals surface area contributed by atoms with E-state index in [0.717, 1.165) is 6.42 Å². The summed E-state index contributed by atoms with van der Waals surface area (Å²) in [6.45, 7) is 15.2. The summed E-state index contributed by atoms with van der Waals surface area (Å²) in [6.07, 6.45) is 1.66. The molecule has 102 valence electrons. The van der Waals surface area contributed by atoms with Gasteiger partial charge in [0.05, 0.1) is 0 Å². The highest BCUT2D eigenvalue weighted by Gasteiger charge is 2.33. The van der Waals surface area contributed by atoms with Crippen LogP contribution >= 0.6 is 0 Å². The summed E-state index contributed by atoms with van der Waals surface area (Å²) < 4.78 is 0. The highest BCUT2D eigenvalue weighted by molar-refractivity contribution is 5.82. The van der Waals surface area contributed by atoms with Crippen molar-refractivity contribution < 1.29 is 4.79 Å². The molecule has 0 atom stereocenters. The van der Waals surface area contributed by atoms with Crippen LogP contribution in [0.2, 0.25) is 0 Å². The summed E-state index contributed by atoms with van der Waals surface area (Å²) >= 11 is 0. The normalized spacial score (nSPS) is 13.6. The van der Waals surface area contributed by atoms with Crippen LogP contribution in [-0.4, -0.2) is 18.0 Å². The Labute approximate surface area is 107 Å². The van der Waals surface area contributed by atoms with E-state index in [2.05, 4.69) is 39.9 Å². The molecule has 0 aliphatic carbocycles. The Morgan fingerprint density at radius 1 is 1.06 bits per heavy atom. The SMILES string of the molecule is CC(C)(C)CC(C)(C)NC(=O)C(C)(C)CCN. The van der Waals surface area contributed by atoms with Crippen LogP contribution in [0, 0.1) is 10.8 Å². The van der Waals surface area contributed by atoms with Crippen molar-refractivity contribution >= 4 is 5.91 Å². The van der Waals surface area contributed by atoms with Crippen LogP contribution in [-0.2, 0) is 4.79 Å². The second-order valence-electron chi connectivity index (χ2n) is 7.50. The molecule has 0 fully saturated rings. The first kappa shape index (κ1) is 16.4. The van der Waals surface area contributed by atoms with Gasteiger partial charge in [0, 0.05) is 11.0 Å². The first-order chi connectivity index (χ1) is 7.40. The van der Waals surface area contributed by atoms with Crippen LogP contribution in [0.25, 0.3) is 0 Å². The molecular formula is C14H30N2O. The molecule has 3 N–H and O–H groups in total. The summed E-state index contributed by atoms with van der Waals surface area (Å²) in [5, 5.41) is 3.14. The fourth-order valence-electron chi connectivity index (χ4n) is 2.32. The molecule has 0 aliphatic rings. The van der Waals surface area contributed by atoms with Gasteiger partial charge in [-0.1, -0.05) is 34.6 Å². The van der Waals surface area contributed by atoms with E-state index in [4.69, 9.17) is 5.73 Å². The van der Waals surface area contributed by atoms with Gasteiger partial charge in [-0.2, -0.15) is 0 Å². The van der Waals surface area contributed by atoms with Gasteiger partial charge in [0.15, 0.2) is 0 Å². The minimum Gasteiger partial charge on any atom is -0.351 e. The van der Waals surface area contributed by atoms with Crippen molar-refractivity contribution in [1.29, 1.82) is 0 Å². The molecule has 0 radical (unpaired) electrons. The number of carbonyl (C=O) groups is 1. The summed E-state index contributed by atoms with van der Waals surface area (Å²) in [6, 6.07) is 0. The first-order valence-electron chi connectivity index (χ1n) is 6.42. The van der Waals surface area contributed by atoms with Gasteiger partial charge in [0.1, 0.15) is 0 Å². The van der Waals surface area contributed by atoms with E-state index < -0.39 is 0 Å². The van der Waals surface area contributed by atoms with Crippen molar-refractivity contribution in [3.05, 3.63) is 0 Å². The van der Waals surface area contributed by atoms with Gasteiger partial charge in [0.25, 0.3) is 0 Å². The molecule has 0 bridgehead atoms. The maximum absolute atomic E-state index is 12.2. The smallest absolute Gasteiger partial charge is 0.226 e. The number of hydrogen-bond donors (Lipinski definition) is 2. The molecule has 3 nitrogen and oxygen atoms in total. The number of nitrogens with one attached hydrogen (secondary N) is 1. The van der Waals surface area contributed by atoms with Gasteiger partial charge in [0.2, 0.25) is 5.91 Å². The summed E-state index contributed by atoms with van der Waals surface area (Å²) in [7, 11) is 0. The van der Waals surface area contributed by atoms with Gasteiger partial charge < -0.3 is 11.1 Å². The van der Waals surface area contributed by atoms with Gasteiger partial charge in [-0.05, 0) is 38.6 Å². The summed E-state index contributed by atoms with van der Waals surface area (Å²) in [5.74, 6) is 0.0946. The van der Waals surface area contributed by atoms with E-state index in [0.29, 0.717) is 13.0 Å². The van der Waals surface area contributed by atoms with Gasteiger partial charge in [-0.15, -0.1) is 0 Å². The summed E-state index contributed by atoms with van der Waals surface area (Å²) in [4.78, 5) is 12.2. The lowest BCUT2D eigenvalue weighted by Crippen LogP contribution is -2.50. The van der Waals surface area contributed by atoms with E-state index in [-0.39, 0.29) is 22.3 Å². The molecular weight excluding hydrogens is 212 g/mol. The number of hydrogen-bond acceptors (Lipinski definition) is 2. The maximum Gasteiger partial charge on any atom is 0.226 e. The second-order valence-corrected chi connectivity index (χ2v) is 7.50. The topological polar surface area (TPSA) is 55.1 Å².